The maximum absolute atomic E-state index is 15.4. The van der Waals surface area contributed by atoms with Crippen molar-refractivity contribution in [1.29, 1.82) is 0 Å². The lowest BCUT2D eigenvalue weighted by atomic mass is 10.0. The van der Waals surface area contributed by atoms with Gasteiger partial charge in [-0.15, -0.1) is 0 Å². The van der Waals surface area contributed by atoms with Gasteiger partial charge in [-0.3, -0.25) is 9.59 Å². The van der Waals surface area contributed by atoms with E-state index in [1.165, 1.54) is 19.9 Å². The SMILES string of the molecule is Cc1cc2c(c(F)c1NC(=O)CC1(C(F)(F)F)CC1)OC(C)C(=O)N2Cc1ccc(C(F)(F)F)c(F)c1. The molecule has 1 fully saturated rings. The van der Waals surface area contributed by atoms with Gasteiger partial charge in [0.1, 0.15) is 5.82 Å². The van der Waals surface area contributed by atoms with Gasteiger partial charge in [0.05, 0.1) is 28.9 Å². The Bertz CT molecular complexity index is 1270. The largest absolute Gasteiger partial charge is 0.476 e. The number of hydrogen-bond donors (Lipinski definition) is 1. The van der Waals surface area contributed by atoms with E-state index in [-0.39, 0.29) is 29.7 Å². The third-order valence-corrected chi connectivity index (χ3v) is 6.50. The third-order valence-electron chi connectivity index (χ3n) is 6.50. The summed E-state index contributed by atoms with van der Waals surface area (Å²) in [4.78, 5) is 26.1. The number of rotatable bonds is 5. The van der Waals surface area contributed by atoms with Crippen LogP contribution in [0.5, 0.6) is 5.75 Å². The van der Waals surface area contributed by atoms with Gasteiger partial charge in [0.15, 0.2) is 17.7 Å². The van der Waals surface area contributed by atoms with Gasteiger partial charge in [-0.1, -0.05) is 6.07 Å². The number of carbonyl (C=O) groups is 2. The number of ether oxygens (including phenoxy) is 1. The first kappa shape index (κ1) is 26.7. The van der Waals surface area contributed by atoms with Gasteiger partial charge in [0.2, 0.25) is 5.91 Å². The molecule has 1 aliphatic heterocycles. The predicted octanol–water partition coefficient (Wildman–Crippen LogP) is 6.28. The zero-order chi connectivity index (χ0) is 27.5. The molecule has 0 aromatic heterocycles. The quantitative estimate of drug-likeness (QED) is 0.458. The highest BCUT2D eigenvalue weighted by molar-refractivity contribution is 6.01. The lowest BCUT2D eigenvalue weighted by Crippen LogP contribution is -2.44. The second-order valence-electron chi connectivity index (χ2n) is 9.23. The minimum atomic E-state index is -4.92. The molecule has 37 heavy (non-hydrogen) atoms. The molecule has 1 unspecified atom stereocenters. The first-order valence-electron chi connectivity index (χ1n) is 11.1. The van der Waals surface area contributed by atoms with Gasteiger partial charge in [-0.2, -0.15) is 26.3 Å². The Morgan fingerprint density at radius 3 is 2.32 bits per heavy atom. The highest BCUT2D eigenvalue weighted by atomic mass is 19.4. The summed E-state index contributed by atoms with van der Waals surface area (Å²) in [5.41, 5.74) is -4.15. The minimum absolute atomic E-state index is 0.0174. The van der Waals surface area contributed by atoms with Crippen molar-refractivity contribution in [3.05, 3.63) is 52.6 Å². The van der Waals surface area contributed by atoms with Crippen LogP contribution in [0.15, 0.2) is 24.3 Å². The molecule has 0 saturated heterocycles. The van der Waals surface area contributed by atoms with Crippen molar-refractivity contribution >= 4 is 23.2 Å². The first-order valence-corrected chi connectivity index (χ1v) is 11.1. The molecule has 13 heteroatoms. The number of nitrogens with zero attached hydrogens (tertiary/aromatic N) is 1. The molecule has 200 valence electrons. The van der Waals surface area contributed by atoms with Gasteiger partial charge in [-0.25, -0.2) is 8.78 Å². The number of alkyl halides is 6. The minimum Gasteiger partial charge on any atom is -0.476 e. The number of anilines is 2. The monoisotopic (exact) mass is 536 g/mol. The van der Waals surface area contributed by atoms with E-state index in [9.17, 15) is 40.3 Å². The number of fused-ring (bicyclic) bond motifs is 1. The fourth-order valence-corrected chi connectivity index (χ4v) is 4.21. The van der Waals surface area contributed by atoms with Crippen LogP contribution in [0.4, 0.5) is 46.5 Å². The van der Waals surface area contributed by atoms with Gasteiger partial charge >= 0.3 is 12.4 Å². The van der Waals surface area contributed by atoms with Crippen LogP contribution in [-0.4, -0.2) is 24.1 Å². The summed E-state index contributed by atoms with van der Waals surface area (Å²) in [5, 5.41) is 2.16. The molecule has 2 aromatic rings. The Kier molecular flexibility index (Phi) is 6.40. The van der Waals surface area contributed by atoms with Crippen molar-refractivity contribution in [1.82, 2.24) is 0 Å². The molecule has 4 rings (SSSR count). The lowest BCUT2D eigenvalue weighted by molar-refractivity contribution is -0.189. The number of aryl methyl sites for hydroxylation is 1. The molecule has 1 aliphatic carbocycles. The lowest BCUT2D eigenvalue weighted by Gasteiger charge is -2.34. The number of halogens is 8. The van der Waals surface area contributed by atoms with Crippen molar-refractivity contribution in [2.75, 3.05) is 10.2 Å². The fourth-order valence-electron chi connectivity index (χ4n) is 4.21. The number of hydrogen-bond acceptors (Lipinski definition) is 3. The summed E-state index contributed by atoms with van der Waals surface area (Å²) in [6.07, 6.45) is -12.1. The van der Waals surface area contributed by atoms with E-state index in [4.69, 9.17) is 4.74 Å². The van der Waals surface area contributed by atoms with E-state index in [1.54, 1.807) is 0 Å². The Morgan fingerprint density at radius 1 is 1.14 bits per heavy atom. The molecule has 1 saturated carbocycles. The van der Waals surface area contributed by atoms with Crippen LogP contribution in [0.3, 0.4) is 0 Å². The molecule has 5 nitrogen and oxygen atoms in total. The van der Waals surface area contributed by atoms with Crippen LogP contribution in [0.1, 0.15) is 42.9 Å². The zero-order valence-electron chi connectivity index (χ0n) is 19.4. The molecule has 0 spiro atoms. The number of carbonyl (C=O) groups excluding carboxylic acids is 2. The standard InChI is InChI=1S/C24H20F8N2O3/c1-11-7-16-20(18(26)19(11)33-17(35)9-22(5-6-22)24(30,31)32)37-12(2)21(36)34(16)10-13-3-4-14(15(25)8-13)23(27,28)29/h3-4,7-8,12H,5-6,9-10H2,1-2H3,(H,33,35). The van der Waals surface area contributed by atoms with Crippen LogP contribution in [-0.2, 0) is 22.3 Å². The van der Waals surface area contributed by atoms with E-state index >= 15 is 4.39 Å². The van der Waals surface area contributed by atoms with E-state index < -0.39 is 77.3 Å². The molecule has 0 bridgehead atoms. The topological polar surface area (TPSA) is 58.6 Å². The third kappa shape index (κ3) is 4.95. The van der Waals surface area contributed by atoms with Crippen molar-refractivity contribution in [3.8, 4) is 5.75 Å². The summed E-state index contributed by atoms with van der Waals surface area (Å²) in [6.45, 7) is 2.20. The summed E-state index contributed by atoms with van der Waals surface area (Å²) in [5.74, 6) is -4.91. The molecule has 1 N–H and O–H groups in total. The Labute approximate surface area is 205 Å². The Balaban J connectivity index is 1.63. The van der Waals surface area contributed by atoms with Crippen molar-refractivity contribution < 1.29 is 49.4 Å². The first-order chi connectivity index (χ1) is 17.0. The number of benzene rings is 2. The van der Waals surface area contributed by atoms with E-state index in [0.29, 0.717) is 12.1 Å². The van der Waals surface area contributed by atoms with Gasteiger partial charge < -0.3 is 15.0 Å². The fraction of sp³-hybridized carbons (Fsp3) is 0.417. The van der Waals surface area contributed by atoms with Crippen molar-refractivity contribution in [2.24, 2.45) is 5.41 Å². The van der Waals surface area contributed by atoms with Crippen molar-refractivity contribution in [2.45, 2.75) is 58.1 Å². The van der Waals surface area contributed by atoms with Gasteiger partial charge in [0, 0.05) is 6.42 Å². The maximum Gasteiger partial charge on any atom is 0.419 e. The zero-order valence-corrected chi connectivity index (χ0v) is 19.4. The summed E-state index contributed by atoms with van der Waals surface area (Å²) in [6, 6.07) is 3.36. The summed E-state index contributed by atoms with van der Waals surface area (Å²) >= 11 is 0. The molecule has 2 aromatic carbocycles. The maximum atomic E-state index is 15.4. The Morgan fingerprint density at radius 2 is 1.78 bits per heavy atom. The van der Waals surface area contributed by atoms with Gasteiger partial charge in [-0.05, 0) is 56.0 Å². The Hall–Kier alpha value is -3.38. The molecule has 0 radical (unpaired) electrons. The van der Waals surface area contributed by atoms with Crippen LogP contribution < -0.4 is 15.0 Å². The van der Waals surface area contributed by atoms with Crippen LogP contribution in [0.25, 0.3) is 0 Å². The summed E-state index contributed by atoms with van der Waals surface area (Å²) in [7, 11) is 0. The van der Waals surface area contributed by atoms with Crippen LogP contribution >= 0.6 is 0 Å². The molecule has 2 aliphatic rings. The summed E-state index contributed by atoms with van der Waals surface area (Å²) < 4.78 is 113. The van der Waals surface area contributed by atoms with E-state index in [2.05, 4.69) is 5.32 Å². The number of amides is 2. The van der Waals surface area contributed by atoms with E-state index in [0.717, 1.165) is 11.0 Å². The average molecular weight is 536 g/mol. The second kappa shape index (κ2) is 8.88. The second-order valence-corrected chi connectivity index (χ2v) is 9.23. The highest BCUT2D eigenvalue weighted by Crippen LogP contribution is 2.60. The van der Waals surface area contributed by atoms with E-state index in [1.807, 2.05) is 0 Å². The normalized spacial score (nSPS) is 18.8. The van der Waals surface area contributed by atoms with Crippen LogP contribution in [0.2, 0.25) is 0 Å². The van der Waals surface area contributed by atoms with Gasteiger partial charge in [0.25, 0.3) is 5.91 Å². The molecular formula is C24H20F8N2O3. The van der Waals surface area contributed by atoms with Crippen LogP contribution in [0, 0.1) is 24.0 Å². The molecule has 1 heterocycles. The number of nitrogens with one attached hydrogen (secondary N) is 1. The predicted molar refractivity (Wildman–Crippen MR) is 115 cm³/mol. The average Bonchev–Trinajstić information content (AvgIpc) is 3.55. The molecule has 2 amide bonds. The highest BCUT2D eigenvalue weighted by Gasteiger charge is 2.63. The molecule has 1 atom stereocenters. The smallest absolute Gasteiger partial charge is 0.419 e. The van der Waals surface area contributed by atoms with Crippen molar-refractivity contribution in [3.63, 3.8) is 0 Å². The molecular weight excluding hydrogens is 516 g/mol.